The standard InChI is InChI=1S/C11H11NO5/c1-16-11(13)10-5-8-4-9(12(14)15)3-2-7(8)6-17-10/h2-4,10H,5-6H2,1H3/t10-/m0/s1. The number of fused-ring (bicyclic) bond motifs is 1. The second kappa shape index (κ2) is 4.50. The van der Waals surface area contributed by atoms with Gasteiger partial charge in [0.2, 0.25) is 0 Å². The minimum Gasteiger partial charge on any atom is -0.467 e. The van der Waals surface area contributed by atoms with Crippen molar-refractivity contribution in [1.29, 1.82) is 0 Å². The van der Waals surface area contributed by atoms with Crippen molar-refractivity contribution < 1.29 is 19.2 Å². The number of esters is 1. The van der Waals surface area contributed by atoms with E-state index < -0.39 is 17.0 Å². The highest BCUT2D eigenvalue weighted by Gasteiger charge is 2.27. The molecule has 0 saturated carbocycles. The molecular weight excluding hydrogens is 226 g/mol. The van der Waals surface area contributed by atoms with E-state index in [0.29, 0.717) is 6.42 Å². The molecule has 1 heterocycles. The molecule has 1 aliphatic rings. The van der Waals surface area contributed by atoms with E-state index in [4.69, 9.17) is 4.74 Å². The second-order valence-electron chi connectivity index (χ2n) is 3.74. The fourth-order valence-electron chi connectivity index (χ4n) is 1.79. The van der Waals surface area contributed by atoms with Crippen LogP contribution in [0.5, 0.6) is 0 Å². The van der Waals surface area contributed by atoms with E-state index >= 15 is 0 Å². The molecule has 90 valence electrons. The first-order valence-electron chi connectivity index (χ1n) is 5.07. The van der Waals surface area contributed by atoms with E-state index in [-0.39, 0.29) is 12.3 Å². The van der Waals surface area contributed by atoms with E-state index in [2.05, 4.69) is 4.74 Å². The molecule has 0 aliphatic carbocycles. The molecular formula is C11H11NO5. The van der Waals surface area contributed by atoms with Crippen molar-refractivity contribution in [2.24, 2.45) is 0 Å². The molecule has 0 unspecified atom stereocenters. The van der Waals surface area contributed by atoms with Crippen LogP contribution in [0, 0.1) is 10.1 Å². The van der Waals surface area contributed by atoms with E-state index in [9.17, 15) is 14.9 Å². The molecule has 0 bridgehead atoms. The molecule has 0 N–H and O–H groups in total. The lowest BCUT2D eigenvalue weighted by Gasteiger charge is -2.22. The van der Waals surface area contributed by atoms with Gasteiger partial charge in [-0.15, -0.1) is 0 Å². The first-order chi connectivity index (χ1) is 8.11. The summed E-state index contributed by atoms with van der Waals surface area (Å²) in [6, 6.07) is 4.56. The van der Waals surface area contributed by atoms with Crippen LogP contribution < -0.4 is 0 Å². The maximum atomic E-state index is 11.3. The van der Waals surface area contributed by atoms with Gasteiger partial charge in [0, 0.05) is 18.6 Å². The zero-order valence-electron chi connectivity index (χ0n) is 9.21. The second-order valence-corrected chi connectivity index (χ2v) is 3.74. The molecule has 0 fully saturated rings. The van der Waals surface area contributed by atoms with Crippen LogP contribution in [0.25, 0.3) is 0 Å². The van der Waals surface area contributed by atoms with Gasteiger partial charge < -0.3 is 9.47 Å². The number of carbonyl (C=O) groups is 1. The molecule has 0 saturated heterocycles. The quantitative estimate of drug-likeness (QED) is 0.439. The van der Waals surface area contributed by atoms with Crippen molar-refractivity contribution >= 4 is 11.7 Å². The molecule has 0 radical (unpaired) electrons. The average molecular weight is 237 g/mol. The van der Waals surface area contributed by atoms with Crippen molar-refractivity contribution in [3.05, 3.63) is 39.4 Å². The molecule has 17 heavy (non-hydrogen) atoms. The Labute approximate surface area is 97.3 Å². The number of nitrogens with zero attached hydrogens (tertiary/aromatic N) is 1. The Morgan fingerprint density at radius 2 is 2.29 bits per heavy atom. The van der Waals surface area contributed by atoms with Crippen molar-refractivity contribution in [1.82, 2.24) is 0 Å². The lowest BCUT2D eigenvalue weighted by atomic mass is 9.98. The smallest absolute Gasteiger partial charge is 0.335 e. The normalized spacial score (nSPS) is 18.3. The molecule has 1 atom stereocenters. The van der Waals surface area contributed by atoms with Gasteiger partial charge in [-0.2, -0.15) is 0 Å². The minimum atomic E-state index is -0.672. The molecule has 6 nitrogen and oxygen atoms in total. The molecule has 0 aromatic heterocycles. The summed E-state index contributed by atoms with van der Waals surface area (Å²) in [4.78, 5) is 21.5. The van der Waals surface area contributed by atoms with Crippen molar-refractivity contribution in [3.8, 4) is 0 Å². The lowest BCUT2D eigenvalue weighted by molar-refractivity contribution is -0.385. The summed E-state index contributed by atoms with van der Waals surface area (Å²) >= 11 is 0. The highest BCUT2D eigenvalue weighted by Crippen LogP contribution is 2.25. The SMILES string of the molecule is COC(=O)[C@@H]1Cc2cc([N+](=O)[O-])ccc2CO1. The molecule has 1 aliphatic heterocycles. The summed E-state index contributed by atoms with van der Waals surface area (Å²) < 4.78 is 9.90. The van der Waals surface area contributed by atoms with Crippen LogP contribution in [0.1, 0.15) is 11.1 Å². The molecule has 1 aromatic carbocycles. The van der Waals surface area contributed by atoms with Gasteiger partial charge in [0.15, 0.2) is 6.10 Å². The van der Waals surface area contributed by atoms with E-state index in [0.717, 1.165) is 11.1 Å². The van der Waals surface area contributed by atoms with Gasteiger partial charge in [-0.3, -0.25) is 10.1 Å². The largest absolute Gasteiger partial charge is 0.467 e. The number of ether oxygens (including phenoxy) is 2. The summed E-state index contributed by atoms with van der Waals surface area (Å²) in [5.41, 5.74) is 1.66. The van der Waals surface area contributed by atoms with Gasteiger partial charge in [0.1, 0.15) is 0 Å². The van der Waals surface area contributed by atoms with Gasteiger partial charge in [0.25, 0.3) is 5.69 Å². The topological polar surface area (TPSA) is 78.7 Å². The van der Waals surface area contributed by atoms with Crippen LogP contribution >= 0.6 is 0 Å². The highest BCUT2D eigenvalue weighted by atomic mass is 16.6. The Morgan fingerprint density at radius 1 is 1.53 bits per heavy atom. The predicted molar refractivity (Wildman–Crippen MR) is 57.4 cm³/mol. The fraction of sp³-hybridized carbons (Fsp3) is 0.364. The Bertz CT molecular complexity index is 471. The number of hydrogen-bond donors (Lipinski definition) is 0. The number of non-ortho nitro benzene ring substituents is 1. The van der Waals surface area contributed by atoms with Gasteiger partial charge >= 0.3 is 5.97 Å². The van der Waals surface area contributed by atoms with Gasteiger partial charge in [-0.05, 0) is 17.2 Å². The number of nitro benzene ring substituents is 1. The maximum absolute atomic E-state index is 11.3. The Morgan fingerprint density at radius 3 is 2.94 bits per heavy atom. The Balaban J connectivity index is 2.26. The average Bonchev–Trinajstić information content (AvgIpc) is 2.36. The number of nitro groups is 1. The van der Waals surface area contributed by atoms with Crippen LogP contribution in [0.4, 0.5) is 5.69 Å². The van der Waals surface area contributed by atoms with Gasteiger partial charge in [0.05, 0.1) is 18.6 Å². The van der Waals surface area contributed by atoms with Crippen LogP contribution in [-0.2, 0) is 27.3 Å². The van der Waals surface area contributed by atoms with E-state index in [1.165, 1.54) is 19.2 Å². The maximum Gasteiger partial charge on any atom is 0.335 e. The monoisotopic (exact) mass is 237 g/mol. The van der Waals surface area contributed by atoms with Crippen molar-refractivity contribution in [3.63, 3.8) is 0 Å². The predicted octanol–water partition coefficient (Wildman–Crippen LogP) is 1.21. The van der Waals surface area contributed by atoms with Gasteiger partial charge in [-0.1, -0.05) is 0 Å². The number of methoxy groups -OCH3 is 1. The fourth-order valence-corrected chi connectivity index (χ4v) is 1.79. The summed E-state index contributed by atoms with van der Waals surface area (Å²) in [7, 11) is 1.29. The number of carbonyl (C=O) groups excluding carboxylic acids is 1. The Kier molecular flexibility index (Phi) is 3.06. The van der Waals surface area contributed by atoms with E-state index in [1.54, 1.807) is 6.07 Å². The van der Waals surface area contributed by atoms with Crippen LogP contribution in [0.15, 0.2) is 18.2 Å². The minimum absolute atomic E-state index is 0.0225. The zero-order chi connectivity index (χ0) is 12.4. The molecule has 2 rings (SSSR count). The van der Waals surface area contributed by atoms with E-state index in [1.807, 2.05) is 0 Å². The summed E-state index contributed by atoms with van der Waals surface area (Å²) in [5.74, 6) is -0.456. The first-order valence-corrected chi connectivity index (χ1v) is 5.07. The Hall–Kier alpha value is -1.95. The number of rotatable bonds is 2. The van der Waals surface area contributed by atoms with Crippen molar-refractivity contribution in [2.45, 2.75) is 19.1 Å². The van der Waals surface area contributed by atoms with Gasteiger partial charge in [-0.25, -0.2) is 4.79 Å². The molecule has 0 spiro atoms. The molecule has 1 aromatic rings. The number of benzene rings is 1. The zero-order valence-corrected chi connectivity index (χ0v) is 9.21. The third kappa shape index (κ3) is 2.26. The number of hydrogen-bond acceptors (Lipinski definition) is 5. The first kappa shape index (κ1) is 11.5. The van der Waals surface area contributed by atoms with Crippen LogP contribution in [0.3, 0.4) is 0 Å². The highest BCUT2D eigenvalue weighted by molar-refractivity contribution is 5.75. The summed E-state index contributed by atoms with van der Waals surface area (Å²) in [6.07, 6.45) is -0.363. The van der Waals surface area contributed by atoms with Crippen LogP contribution in [0.2, 0.25) is 0 Å². The lowest BCUT2D eigenvalue weighted by Crippen LogP contribution is -2.31. The van der Waals surface area contributed by atoms with Crippen molar-refractivity contribution in [2.75, 3.05) is 7.11 Å². The third-order valence-corrected chi connectivity index (χ3v) is 2.71. The summed E-state index contributed by atoms with van der Waals surface area (Å²) in [5, 5.41) is 10.6. The van der Waals surface area contributed by atoms with Crippen LogP contribution in [-0.4, -0.2) is 24.1 Å². The third-order valence-electron chi connectivity index (χ3n) is 2.71. The summed E-state index contributed by atoms with van der Waals surface area (Å²) in [6.45, 7) is 0.271. The molecule has 6 heteroatoms. The molecule has 0 amide bonds.